The van der Waals surface area contributed by atoms with Crippen molar-refractivity contribution < 1.29 is 9.53 Å². The number of anilines is 1. The zero-order valence-corrected chi connectivity index (χ0v) is 21.8. The number of aromatic nitrogens is 5. The molecule has 1 saturated heterocycles. The van der Waals surface area contributed by atoms with E-state index >= 15 is 0 Å². The third-order valence-electron chi connectivity index (χ3n) is 6.71. The van der Waals surface area contributed by atoms with Gasteiger partial charge >= 0.3 is 6.09 Å². The molecule has 9 heteroatoms. The lowest BCUT2D eigenvalue weighted by molar-refractivity contribution is 0.0497. The molecule has 3 N–H and O–H groups in total. The molecular formula is C29H31N7O2. The Morgan fingerprint density at radius 3 is 2.39 bits per heavy atom. The molecule has 0 spiro atoms. The highest BCUT2D eigenvalue weighted by Gasteiger charge is 2.24. The highest BCUT2D eigenvalue weighted by molar-refractivity contribution is 5.86. The summed E-state index contributed by atoms with van der Waals surface area (Å²) in [6, 6.07) is 18.4. The average Bonchev–Trinajstić information content (AvgIpc) is 3.52. The average molecular weight is 510 g/mol. The molecular weight excluding hydrogens is 478 g/mol. The molecule has 0 unspecified atom stereocenters. The van der Waals surface area contributed by atoms with Crippen molar-refractivity contribution in [2.24, 2.45) is 0 Å². The topological polar surface area (TPSA) is 112 Å². The molecule has 9 nitrogen and oxygen atoms in total. The highest BCUT2D eigenvalue weighted by Crippen LogP contribution is 2.28. The summed E-state index contributed by atoms with van der Waals surface area (Å²) in [5.41, 5.74) is 6.16. The Hall–Kier alpha value is -4.40. The van der Waals surface area contributed by atoms with Crippen LogP contribution < -0.4 is 10.2 Å². The summed E-state index contributed by atoms with van der Waals surface area (Å²) in [7, 11) is 0. The number of carbonyl (C=O) groups excluding carboxylic acids is 1. The molecule has 1 aliphatic heterocycles. The predicted octanol–water partition coefficient (Wildman–Crippen LogP) is 5.66. The monoisotopic (exact) mass is 509 g/mol. The van der Waals surface area contributed by atoms with E-state index in [9.17, 15) is 4.79 Å². The largest absolute Gasteiger partial charge is 0.444 e. The maximum absolute atomic E-state index is 12.1. The molecule has 0 saturated carbocycles. The van der Waals surface area contributed by atoms with Gasteiger partial charge in [-0.1, -0.05) is 6.07 Å². The van der Waals surface area contributed by atoms with Crippen LogP contribution in [0.2, 0.25) is 0 Å². The summed E-state index contributed by atoms with van der Waals surface area (Å²) in [4.78, 5) is 35.3. The van der Waals surface area contributed by atoms with Crippen molar-refractivity contribution in [3.05, 3.63) is 60.8 Å². The van der Waals surface area contributed by atoms with E-state index in [1.165, 1.54) is 0 Å². The second kappa shape index (κ2) is 9.48. The molecule has 0 atom stereocenters. The minimum Gasteiger partial charge on any atom is -0.444 e. The van der Waals surface area contributed by atoms with Crippen LogP contribution in [0.25, 0.3) is 45.0 Å². The van der Waals surface area contributed by atoms with Crippen molar-refractivity contribution >= 4 is 33.8 Å². The van der Waals surface area contributed by atoms with Crippen molar-refractivity contribution in [2.45, 2.75) is 45.3 Å². The first kappa shape index (κ1) is 24.0. The van der Waals surface area contributed by atoms with Gasteiger partial charge in [-0.2, -0.15) is 0 Å². The molecule has 194 valence electrons. The summed E-state index contributed by atoms with van der Waals surface area (Å²) < 4.78 is 5.40. The van der Waals surface area contributed by atoms with Gasteiger partial charge in [-0.05, 0) is 82.1 Å². The number of amides is 1. The summed E-state index contributed by atoms with van der Waals surface area (Å²) in [5, 5.41) is 3.01. The Morgan fingerprint density at radius 1 is 0.947 bits per heavy atom. The van der Waals surface area contributed by atoms with Crippen LogP contribution >= 0.6 is 0 Å². The standard InChI is InChI=1S/C29H31N7O2/c1-29(2,3)38-28(37)31-19-11-14-36(15-12-19)20-8-10-22-25(17-20)34-26(32-22)18-7-9-21-24(16-18)35-27(33-21)23-6-4-5-13-30-23/h4-10,13,16-17,19H,11-12,14-15H2,1-3H3,(H,31,37)(H,32,34)(H,33,35). The number of alkyl carbamates (subject to hydrolysis) is 1. The van der Waals surface area contributed by atoms with E-state index in [4.69, 9.17) is 14.7 Å². The first-order chi connectivity index (χ1) is 18.3. The molecule has 3 aromatic heterocycles. The Bertz CT molecular complexity index is 1590. The van der Waals surface area contributed by atoms with Crippen molar-refractivity contribution in [3.63, 3.8) is 0 Å². The molecule has 5 aromatic rings. The fourth-order valence-electron chi connectivity index (χ4n) is 4.86. The third-order valence-corrected chi connectivity index (χ3v) is 6.71. The molecule has 1 aliphatic rings. The number of pyridine rings is 1. The SMILES string of the molecule is CC(C)(C)OC(=O)NC1CCN(c2ccc3[nH]c(-c4ccc5[nH]c(-c6ccccn6)nc5c4)nc3c2)CC1. The molecule has 38 heavy (non-hydrogen) atoms. The summed E-state index contributed by atoms with van der Waals surface area (Å²) in [6.07, 6.45) is 3.16. The van der Waals surface area contributed by atoms with Crippen molar-refractivity contribution in [1.29, 1.82) is 0 Å². The smallest absolute Gasteiger partial charge is 0.407 e. The van der Waals surface area contributed by atoms with Crippen LogP contribution in [-0.2, 0) is 4.74 Å². The van der Waals surface area contributed by atoms with Gasteiger partial charge in [0.1, 0.15) is 17.1 Å². The molecule has 0 radical (unpaired) electrons. The van der Waals surface area contributed by atoms with Gasteiger partial charge in [-0.15, -0.1) is 0 Å². The number of piperidine rings is 1. The lowest BCUT2D eigenvalue weighted by Gasteiger charge is -2.34. The Labute approximate surface area is 220 Å². The number of fused-ring (bicyclic) bond motifs is 2. The highest BCUT2D eigenvalue weighted by atomic mass is 16.6. The van der Waals surface area contributed by atoms with Crippen LogP contribution in [0, 0.1) is 0 Å². The Morgan fingerprint density at radius 2 is 1.66 bits per heavy atom. The fourth-order valence-corrected chi connectivity index (χ4v) is 4.86. The van der Waals surface area contributed by atoms with E-state index in [1.807, 2.05) is 57.2 Å². The van der Waals surface area contributed by atoms with Gasteiger partial charge < -0.3 is 24.9 Å². The van der Waals surface area contributed by atoms with Crippen LogP contribution in [0.5, 0.6) is 0 Å². The van der Waals surface area contributed by atoms with E-state index in [-0.39, 0.29) is 12.1 Å². The van der Waals surface area contributed by atoms with Crippen LogP contribution in [-0.4, -0.2) is 55.7 Å². The first-order valence-electron chi connectivity index (χ1n) is 13.0. The number of nitrogens with one attached hydrogen (secondary N) is 3. The number of nitrogens with zero attached hydrogens (tertiary/aromatic N) is 4. The third kappa shape index (κ3) is 5.04. The number of carbonyl (C=O) groups is 1. The normalized spacial score (nSPS) is 14.8. The van der Waals surface area contributed by atoms with Gasteiger partial charge in [0, 0.05) is 36.6 Å². The Balaban J connectivity index is 1.16. The lowest BCUT2D eigenvalue weighted by Crippen LogP contribution is -2.46. The van der Waals surface area contributed by atoms with Crippen molar-refractivity contribution in [1.82, 2.24) is 30.2 Å². The molecule has 1 amide bonds. The zero-order valence-electron chi connectivity index (χ0n) is 21.8. The van der Waals surface area contributed by atoms with E-state index in [0.717, 1.165) is 76.6 Å². The second-order valence-electron chi connectivity index (χ2n) is 10.7. The van der Waals surface area contributed by atoms with Crippen LogP contribution in [0.15, 0.2) is 60.8 Å². The van der Waals surface area contributed by atoms with Gasteiger partial charge in [0.05, 0.1) is 22.1 Å². The molecule has 0 aliphatic carbocycles. The number of imidazole rings is 2. The second-order valence-corrected chi connectivity index (χ2v) is 10.7. The summed E-state index contributed by atoms with van der Waals surface area (Å²) >= 11 is 0. The predicted molar refractivity (Wildman–Crippen MR) is 149 cm³/mol. The number of hydrogen-bond donors (Lipinski definition) is 3. The number of hydrogen-bond acceptors (Lipinski definition) is 6. The number of rotatable bonds is 4. The maximum Gasteiger partial charge on any atom is 0.407 e. The first-order valence-corrected chi connectivity index (χ1v) is 13.0. The summed E-state index contributed by atoms with van der Waals surface area (Å²) in [6.45, 7) is 7.34. The molecule has 2 aromatic carbocycles. The molecule has 6 rings (SSSR count). The van der Waals surface area contributed by atoms with Gasteiger partial charge in [-0.3, -0.25) is 4.98 Å². The van der Waals surface area contributed by atoms with Gasteiger partial charge in [0.15, 0.2) is 5.82 Å². The van der Waals surface area contributed by atoms with E-state index in [2.05, 4.69) is 43.4 Å². The molecule has 4 heterocycles. The minimum atomic E-state index is -0.491. The van der Waals surface area contributed by atoms with Crippen LogP contribution in [0.3, 0.4) is 0 Å². The van der Waals surface area contributed by atoms with E-state index < -0.39 is 5.60 Å². The minimum absolute atomic E-state index is 0.122. The summed E-state index contributed by atoms with van der Waals surface area (Å²) in [5.74, 6) is 1.55. The van der Waals surface area contributed by atoms with Gasteiger partial charge in [-0.25, -0.2) is 14.8 Å². The quantitative estimate of drug-likeness (QED) is 0.288. The lowest BCUT2D eigenvalue weighted by atomic mass is 10.0. The number of aromatic amines is 2. The number of H-pyrrole nitrogens is 2. The fraction of sp³-hybridized carbons (Fsp3) is 0.310. The Kier molecular flexibility index (Phi) is 5.98. The maximum atomic E-state index is 12.1. The number of benzene rings is 2. The van der Waals surface area contributed by atoms with Crippen LogP contribution in [0.1, 0.15) is 33.6 Å². The van der Waals surface area contributed by atoms with Crippen LogP contribution in [0.4, 0.5) is 10.5 Å². The van der Waals surface area contributed by atoms with Gasteiger partial charge in [0.25, 0.3) is 0 Å². The van der Waals surface area contributed by atoms with Crippen molar-refractivity contribution in [2.75, 3.05) is 18.0 Å². The van der Waals surface area contributed by atoms with Crippen molar-refractivity contribution in [3.8, 4) is 22.9 Å². The van der Waals surface area contributed by atoms with E-state index in [0.29, 0.717) is 0 Å². The zero-order chi connectivity index (χ0) is 26.3. The molecule has 0 bridgehead atoms. The van der Waals surface area contributed by atoms with E-state index in [1.54, 1.807) is 6.20 Å². The molecule has 1 fully saturated rings. The number of ether oxygens (including phenoxy) is 1. The van der Waals surface area contributed by atoms with Gasteiger partial charge in [0.2, 0.25) is 0 Å².